The summed E-state index contributed by atoms with van der Waals surface area (Å²) in [7, 11) is 0. The molecule has 0 saturated heterocycles. The highest BCUT2D eigenvalue weighted by molar-refractivity contribution is 5.27. The fourth-order valence-corrected chi connectivity index (χ4v) is 2.33. The summed E-state index contributed by atoms with van der Waals surface area (Å²) in [4.78, 5) is 4.39. The highest BCUT2D eigenvalue weighted by Gasteiger charge is 2.39. The predicted octanol–water partition coefficient (Wildman–Crippen LogP) is 2.86. The van der Waals surface area contributed by atoms with E-state index in [0.717, 1.165) is 30.6 Å². The van der Waals surface area contributed by atoms with Gasteiger partial charge in [-0.1, -0.05) is 17.3 Å². The first-order valence-corrected chi connectivity index (χ1v) is 6.93. The number of rotatable bonds is 4. The molecule has 5 nitrogen and oxygen atoms in total. The van der Waals surface area contributed by atoms with Crippen LogP contribution in [0.3, 0.4) is 0 Å². The van der Waals surface area contributed by atoms with E-state index >= 15 is 0 Å². The van der Waals surface area contributed by atoms with Crippen molar-refractivity contribution in [3.63, 3.8) is 0 Å². The van der Waals surface area contributed by atoms with Crippen LogP contribution in [0.25, 0.3) is 0 Å². The van der Waals surface area contributed by atoms with Crippen molar-refractivity contribution in [1.29, 1.82) is 0 Å². The minimum atomic E-state index is -0.398. The van der Waals surface area contributed by atoms with Crippen LogP contribution < -0.4 is 10.5 Å². The molecule has 1 aliphatic rings. The summed E-state index contributed by atoms with van der Waals surface area (Å²) in [6, 6.07) is 7.87. The summed E-state index contributed by atoms with van der Waals surface area (Å²) in [5.74, 6) is 1.86. The van der Waals surface area contributed by atoms with Gasteiger partial charge in [-0.3, -0.25) is 0 Å². The zero-order valence-corrected chi connectivity index (χ0v) is 11.8. The molecule has 0 radical (unpaired) electrons. The fourth-order valence-electron chi connectivity index (χ4n) is 2.33. The second-order valence-corrected chi connectivity index (χ2v) is 5.54. The van der Waals surface area contributed by atoms with Crippen molar-refractivity contribution in [2.75, 3.05) is 0 Å². The van der Waals surface area contributed by atoms with Crippen LogP contribution in [0.4, 0.5) is 0 Å². The smallest absolute Gasteiger partial charge is 0.267 e. The average molecular weight is 273 g/mol. The van der Waals surface area contributed by atoms with Gasteiger partial charge in [0.2, 0.25) is 0 Å². The van der Waals surface area contributed by atoms with E-state index in [-0.39, 0.29) is 6.10 Å². The molecule has 106 valence electrons. The summed E-state index contributed by atoms with van der Waals surface area (Å²) >= 11 is 0. The molecule has 1 saturated carbocycles. The van der Waals surface area contributed by atoms with Crippen molar-refractivity contribution in [1.82, 2.24) is 10.1 Å². The summed E-state index contributed by atoms with van der Waals surface area (Å²) in [6.07, 6.45) is 2.66. The molecule has 0 amide bonds. The van der Waals surface area contributed by atoms with E-state index in [2.05, 4.69) is 10.1 Å². The first kappa shape index (κ1) is 13.1. The Bertz CT molecular complexity index is 605. The standard InChI is InChI=1S/C15H19N3O2/c1-10-5-3-6-12(9-10)19-11(2)13-17-14(18-20-13)15(16)7-4-8-15/h3,5-6,9,11H,4,7-8,16H2,1-2H3. The first-order valence-electron chi connectivity index (χ1n) is 6.93. The monoisotopic (exact) mass is 273 g/mol. The molecule has 1 unspecified atom stereocenters. The maximum absolute atomic E-state index is 6.18. The Hall–Kier alpha value is -1.88. The Morgan fingerprint density at radius 3 is 2.85 bits per heavy atom. The lowest BCUT2D eigenvalue weighted by Gasteiger charge is -2.34. The van der Waals surface area contributed by atoms with E-state index in [0.29, 0.717) is 11.7 Å². The molecular weight excluding hydrogens is 254 g/mol. The van der Waals surface area contributed by atoms with Gasteiger partial charge in [0.25, 0.3) is 5.89 Å². The molecule has 20 heavy (non-hydrogen) atoms. The maximum atomic E-state index is 6.18. The average Bonchev–Trinajstić information content (AvgIpc) is 2.86. The van der Waals surface area contributed by atoms with Gasteiger partial charge in [0, 0.05) is 0 Å². The number of hydrogen-bond acceptors (Lipinski definition) is 5. The molecule has 1 aromatic heterocycles. The van der Waals surface area contributed by atoms with Gasteiger partial charge in [0.15, 0.2) is 11.9 Å². The van der Waals surface area contributed by atoms with Crippen LogP contribution in [0.1, 0.15) is 49.6 Å². The number of aromatic nitrogens is 2. The summed E-state index contributed by atoms with van der Waals surface area (Å²) in [5, 5.41) is 4.00. The lowest BCUT2D eigenvalue weighted by molar-refractivity contribution is 0.174. The van der Waals surface area contributed by atoms with Gasteiger partial charge < -0.3 is 15.0 Å². The number of nitrogens with two attached hydrogens (primary N) is 1. The number of hydrogen-bond donors (Lipinski definition) is 1. The molecule has 1 aromatic carbocycles. The van der Waals surface area contributed by atoms with E-state index in [1.165, 1.54) is 0 Å². The third-order valence-electron chi connectivity index (χ3n) is 3.78. The van der Waals surface area contributed by atoms with Crippen molar-refractivity contribution in [3.8, 4) is 5.75 Å². The van der Waals surface area contributed by atoms with Crippen molar-refractivity contribution < 1.29 is 9.26 Å². The summed E-state index contributed by atoms with van der Waals surface area (Å²) in [6.45, 7) is 3.92. The van der Waals surface area contributed by atoms with Crippen LogP contribution in [-0.2, 0) is 5.54 Å². The first-order chi connectivity index (χ1) is 9.57. The lowest BCUT2D eigenvalue weighted by Crippen LogP contribution is -2.44. The second-order valence-electron chi connectivity index (χ2n) is 5.54. The lowest BCUT2D eigenvalue weighted by atomic mass is 9.77. The predicted molar refractivity (Wildman–Crippen MR) is 74.2 cm³/mol. The Labute approximate surface area is 118 Å². The molecule has 5 heteroatoms. The van der Waals surface area contributed by atoms with Gasteiger partial charge in [-0.25, -0.2) is 0 Å². The molecule has 1 heterocycles. The molecule has 3 rings (SSSR count). The number of aryl methyl sites for hydroxylation is 1. The zero-order valence-electron chi connectivity index (χ0n) is 11.8. The summed E-state index contributed by atoms with van der Waals surface area (Å²) < 4.78 is 11.1. The van der Waals surface area contributed by atoms with E-state index in [4.69, 9.17) is 15.0 Å². The fraction of sp³-hybridized carbons (Fsp3) is 0.467. The molecule has 2 N–H and O–H groups in total. The molecule has 0 bridgehead atoms. The van der Waals surface area contributed by atoms with E-state index in [9.17, 15) is 0 Å². The molecule has 1 aliphatic carbocycles. The normalized spacial score (nSPS) is 18.4. The van der Waals surface area contributed by atoms with Crippen LogP contribution in [0.15, 0.2) is 28.8 Å². The highest BCUT2D eigenvalue weighted by Crippen LogP contribution is 2.37. The molecular formula is C15H19N3O2. The van der Waals surface area contributed by atoms with Crippen molar-refractivity contribution >= 4 is 0 Å². The quantitative estimate of drug-likeness (QED) is 0.927. The minimum absolute atomic E-state index is 0.290. The van der Waals surface area contributed by atoms with Crippen molar-refractivity contribution in [3.05, 3.63) is 41.5 Å². The molecule has 0 aliphatic heterocycles. The molecule has 0 spiro atoms. The van der Waals surface area contributed by atoms with Crippen LogP contribution in [0.2, 0.25) is 0 Å². The maximum Gasteiger partial charge on any atom is 0.267 e. The van der Waals surface area contributed by atoms with E-state index < -0.39 is 5.54 Å². The Kier molecular flexibility index (Phi) is 3.22. The Balaban J connectivity index is 1.72. The molecule has 2 aromatic rings. The topological polar surface area (TPSA) is 74.2 Å². The second kappa shape index (κ2) is 4.90. The van der Waals surface area contributed by atoms with Crippen LogP contribution >= 0.6 is 0 Å². The van der Waals surface area contributed by atoms with Gasteiger partial charge in [0.1, 0.15) is 5.75 Å². The van der Waals surface area contributed by atoms with Crippen molar-refractivity contribution in [2.24, 2.45) is 5.73 Å². The van der Waals surface area contributed by atoms with E-state index in [1.54, 1.807) is 0 Å². The molecule has 1 atom stereocenters. The number of ether oxygens (including phenoxy) is 1. The molecule has 1 fully saturated rings. The highest BCUT2D eigenvalue weighted by atomic mass is 16.5. The van der Waals surface area contributed by atoms with Gasteiger partial charge >= 0.3 is 0 Å². The minimum Gasteiger partial charge on any atom is -0.481 e. The van der Waals surface area contributed by atoms with Crippen LogP contribution in [0, 0.1) is 6.92 Å². The van der Waals surface area contributed by atoms with E-state index in [1.807, 2.05) is 38.1 Å². The third kappa shape index (κ3) is 2.41. The van der Waals surface area contributed by atoms with Crippen LogP contribution in [-0.4, -0.2) is 10.1 Å². The van der Waals surface area contributed by atoms with Gasteiger partial charge in [-0.15, -0.1) is 0 Å². The third-order valence-corrected chi connectivity index (χ3v) is 3.78. The van der Waals surface area contributed by atoms with Gasteiger partial charge in [0.05, 0.1) is 5.54 Å². The Morgan fingerprint density at radius 1 is 1.40 bits per heavy atom. The van der Waals surface area contributed by atoms with Gasteiger partial charge in [-0.2, -0.15) is 4.98 Å². The Morgan fingerprint density at radius 2 is 2.20 bits per heavy atom. The number of nitrogens with zero attached hydrogens (tertiary/aromatic N) is 2. The number of benzene rings is 1. The SMILES string of the molecule is Cc1cccc(OC(C)c2nc(C3(N)CCC3)no2)c1. The van der Waals surface area contributed by atoms with Crippen molar-refractivity contribution in [2.45, 2.75) is 44.8 Å². The largest absolute Gasteiger partial charge is 0.481 e. The summed E-state index contributed by atoms with van der Waals surface area (Å²) in [5.41, 5.74) is 6.94. The zero-order chi connectivity index (χ0) is 14.2. The van der Waals surface area contributed by atoms with Gasteiger partial charge in [-0.05, 0) is 50.8 Å². The van der Waals surface area contributed by atoms with Crippen LogP contribution in [0.5, 0.6) is 5.75 Å².